The van der Waals surface area contributed by atoms with Crippen LogP contribution in [0.2, 0.25) is 0 Å². The molecule has 0 atom stereocenters. The molecule has 0 aliphatic rings. The van der Waals surface area contributed by atoms with E-state index in [1.807, 2.05) is 16.8 Å². The van der Waals surface area contributed by atoms with Crippen LogP contribution in [-0.4, -0.2) is 19.8 Å². The SMILES string of the molecule is CN(Cc1ccsc1)S(=O)(=O)c1ccc(Br)s1. The fourth-order valence-electron chi connectivity index (χ4n) is 1.31. The summed E-state index contributed by atoms with van der Waals surface area (Å²) < 4.78 is 26.9. The first kappa shape index (κ1) is 13.2. The van der Waals surface area contributed by atoms with Crippen molar-refractivity contribution < 1.29 is 8.42 Å². The zero-order chi connectivity index (χ0) is 12.5. The zero-order valence-corrected chi connectivity index (χ0v) is 13.0. The van der Waals surface area contributed by atoms with Crippen LogP contribution in [-0.2, 0) is 16.6 Å². The standard InChI is InChI=1S/C10H10BrNO2S3/c1-12(6-8-4-5-15-7-8)17(13,14)10-3-2-9(11)16-10/h2-5,7H,6H2,1H3. The van der Waals surface area contributed by atoms with Gasteiger partial charge >= 0.3 is 0 Å². The van der Waals surface area contributed by atoms with Crippen LogP contribution in [0.4, 0.5) is 0 Å². The van der Waals surface area contributed by atoms with Gasteiger partial charge in [-0.2, -0.15) is 15.6 Å². The smallest absolute Gasteiger partial charge is 0.206 e. The summed E-state index contributed by atoms with van der Waals surface area (Å²) in [7, 11) is -1.77. The van der Waals surface area contributed by atoms with Crippen molar-refractivity contribution in [3.8, 4) is 0 Å². The number of nitrogens with zero attached hydrogens (tertiary/aromatic N) is 1. The molecule has 7 heteroatoms. The highest BCUT2D eigenvalue weighted by Crippen LogP contribution is 2.28. The van der Waals surface area contributed by atoms with Crippen molar-refractivity contribution >= 4 is 48.6 Å². The lowest BCUT2D eigenvalue weighted by Crippen LogP contribution is -2.25. The zero-order valence-electron chi connectivity index (χ0n) is 8.96. The van der Waals surface area contributed by atoms with Gasteiger partial charge in [0.25, 0.3) is 10.0 Å². The van der Waals surface area contributed by atoms with Crippen molar-refractivity contribution in [2.24, 2.45) is 0 Å². The highest BCUT2D eigenvalue weighted by molar-refractivity contribution is 9.11. The van der Waals surface area contributed by atoms with E-state index in [4.69, 9.17) is 0 Å². The van der Waals surface area contributed by atoms with E-state index >= 15 is 0 Å². The second-order valence-electron chi connectivity index (χ2n) is 3.45. The van der Waals surface area contributed by atoms with Gasteiger partial charge in [0, 0.05) is 13.6 Å². The second kappa shape index (κ2) is 5.19. The van der Waals surface area contributed by atoms with Gasteiger partial charge in [-0.3, -0.25) is 0 Å². The average molecular weight is 352 g/mol. The first-order valence-corrected chi connectivity index (χ1v) is 8.72. The molecule has 3 nitrogen and oxygen atoms in total. The summed E-state index contributed by atoms with van der Waals surface area (Å²) in [6.07, 6.45) is 0. The normalized spacial score (nSPS) is 12.2. The van der Waals surface area contributed by atoms with Crippen LogP contribution in [0.15, 0.2) is 37.0 Å². The summed E-state index contributed by atoms with van der Waals surface area (Å²) in [4.78, 5) is 0. The van der Waals surface area contributed by atoms with Gasteiger partial charge in [-0.25, -0.2) is 8.42 Å². The summed E-state index contributed by atoms with van der Waals surface area (Å²) in [6.45, 7) is 0.404. The van der Waals surface area contributed by atoms with E-state index < -0.39 is 10.0 Å². The van der Waals surface area contributed by atoms with E-state index in [0.717, 1.165) is 9.35 Å². The fourth-order valence-corrected chi connectivity index (χ4v) is 5.35. The first-order chi connectivity index (χ1) is 8.00. The summed E-state index contributed by atoms with van der Waals surface area (Å²) in [6, 6.07) is 5.30. The maximum atomic E-state index is 12.2. The maximum absolute atomic E-state index is 12.2. The molecule has 0 aliphatic carbocycles. The Kier molecular flexibility index (Phi) is 4.04. The molecule has 0 saturated heterocycles. The van der Waals surface area contributed by atoms with E-state index in [1.54, 1.807) is 30.5 Å². The van der Waals surface area contributed by atoms with Gasteiger partial charge in [0.05, 0.1) is 3.79 Å². The third-order valence-electron chi connectivity index (χ3n) is 2.20. The highest BCUT2D eigenvalue weighted by atomic mass is 79.9. The molecular weight excluding hydrogens is 342 g/mol. The minimum atomic E-state index is -3.37. The number of sulfonamides is 1. The van der Waals surface area contributed by atoms with Crippen molar-refractivity contribution in [2.75, 3.05) is 7.05 Å². The lowest BCUT2D eigenvalue weighted by atomic mass is 10.3. The van der Waals surface area contributed by atoms with E-state index in [0.29, 0.717) is 10.8 Å². The molecule has 0 fully saturated rings. The predicted molar refractivity (Wildman–Crippen MR) is 75.0 cm³/mol. The number of rotatable bonds is 4. The molecule has 0 amide bonds. The molecule has 92 valence electrons. The topological polar surface area (TPSA) is 37.4 Å². The number of thiophene rings is 2. The Morgan fingerprint density at radius 1 is 1.35 bits per heavy atom. The van der Waals surface area contributed by atoms with Crippen LogP contribution in [0.25, 0.3) is 0 Å². The van der Waals surface area contributed by atoms with Gasteiger partial charge in [0.1, 0.15) is 4.21 Å². The Balaban J connectivity index is 2.21. The maximum Gasteiger partial charge on any atom is 0.252 e. The van der Waals surface area contributed by atoms with Gasteiger partial charge < -0.3 is 0 Å². The molecular formula is C10H10BrNO2S3. The first-order valence-electron chi connectivity index (χ1n) is 4.73. The number of hydrogen-bond acceptors (Lipinski definition) is 4. The largest absolute Gasteiger partial charge is 0.252 e. The van der Waals surface area contributed by atoms with Crippen molar-refractivity contribution in [1.29, 1.82) is 0 Å². The van der Waals surface area contributed by atoms with Crippen LogP contribution < -0.4 is 0 Å². The van der Waals surface area contributed by atoms with Crippen LogP contribution >= 0.6 is 38.6 Å². The molecule has 0 aliphatic heterocycles. The van der Waals surface area contributed by atoms with Crippen molar-refractivity contribution in [3.05, 3.63) is 38.3 Å². The number of halogens is 1. The summed E-state index contributed by atoms with van der Waals surface area (Å²) in [5.74, 6) is 0. The monoisotopic (exact) mass is 351 g/mol. The quantitative estimate of drug-likeness (QED) is 0.846. The van der Waals surface area contributed by atoms with Gasteiger partial charge in [0.15, 0.2) is 0 Å². The van der Waals surface area contributed by atoms with Gasteiger partial charge in [-0.15, -0.1) is 11.3 Å². The lowest BCUT2D eigenvalue weighted by molar-refractivity contribution is 0.469. The summed E-state index contributed by atoms with van der Waals surface area (Å²) in [5.41, 5.74) is 1.01. The molecule has 0 N–H and O–H groups in total. The lowest BCUT2D eigenvalue weighted by Gasteiger charge is -2.14. The highest BCUT2D eigenvalue weighted by Gasteiger charge is 2.22. The predicted octanol–water partition coefficient (Wildman–Crippen LogP) is 3.39. The van der Waals surface area contributed by atoms with E-state index in [2.05, 4.69) is 15.9 Å². The molecule has 2 rings (SSSR count). The van der Waals surface area contributed by atoms with E-state index in [1.165, 1.54) is 15.6 Å². The van der Waals surface area contributed by atoms with Crippen molar-refractivity contribution in [1.82, 2.24) is 4.31 Å². The molecule has 0 unspecified atom stereocenters. The molecule has 0 spiro atoms. The van der Waals surface area contributed by atoms with Crippen molar-refractivity contribution in [3.63, 3.8) is 0 Å². The minimum Gasteiger partial charge on any atom is -0.206 e. The van der Waals surface area contributed by atoms with Crippen LogP contribution in [0, 0.1) is 0 Å². The Labute approximate surface area is 117 Å². The fraction of sp³-hybridized carbons (Fsp3) is 0.200. The minimum absolute atomic E-state index is 0.363. The molecule has 0 radical (unpaired) electrons. The number of hydrogen-bond donors (Lipinski definition) is 0. The molecule has 2 aromatic heterocycles. The molecule has 0 saturated carbocycles. The van der Waals surface area contributed by atoms with Gasteiger partial charge in [-0.05, 0) is 50.5 Å². The summed E-state index contributed by atoms with van der Waals surface area (Å²) >= 11 is 6.06. The van der Waals surface area contributed by atoms with Gasteiger partial charge in [-0.1, -0.05) is 0 Å². The van der Waals surface area contributed by atoms with Crippen LogP contribution in [0.3, 0.4) is 0 Å². The molecule has 2 aromatic rings. The summed E-state index contributed by atoms with van der Waals surface area (Å²) in [5, 5.41) is 3.90. The molecule has 17 heavy (non-hydrogen) atoms. The Morgan fingerprint density at radius 3 is 2.65 bits per heavy atom. The second-order valence-corrected chi connectivity index (χ2v) is 8.97. The molecule has 2 heterocycles. The third kappa shape index (κ3) is 2.97. The van der Waals surface area contributed by atoms with E-state index in [-0.39, 0.29) is 0 Å². The Morgan fingerprint density at radius 2 is 2.12 bits per heavy atom. The molecule has 0 bridgehead atoms. The van der Waals surface area contributed by atoms with Crippen LogP contribution in [0.1, 0.15) is 5.56 Å². The van der Waals surface area contributed by atoms with Crippen molar-refractivity contribution in [2.45, 2.75) is 10.8 Å². The Hall–Kier alpha value is -0.210. The Bertz CT molecular complexity index is 589. The van der Waals surface area contributed by atoms with E-state index in [9.17, 15) is 8.42 Å². The van der Waals surface area contributed by atoms with Gasteiger partial charge in [0.2, 0.25) is 0 Å². The third-order valence-corrected chi connectivity index (χ3v) is 6.82. The average Bonchev–Trinajstić information content (AvgIpc) is 2.89. The molecule has 0 aromatic carbocycles. The van der Waals surface area contributed by atoms with Crippen LogP contribution in [0.5, 0.6) is 0 Å².